The van der Waals surface area contributed by atoms with Gasteiger partial charge < -0.3 is 24.4 Å². The Labute approximate surface area is 270 Å². The molecule has 3 aliphatic heterocycles. The second-order valence-electron chi connectivity index (χ2n) is 14.8. The first-order valence-electron chi connectivity index (χ1n) is 16.2. The van der Waals surface area contributed by atoms with Crippen LogP contribution >= 0.6 is 0 Å². The number of fused-ring (bicyclic) bond motifs is 2. The zero-order valence-electron chi connectivity index (χ0n) is 28.0. The number of ether oxygens (including phenoxy) is 3. The summed E-state index contributed by atoms with van der Waals surface area (Å²) in [6, 6.07) is 0. The van der Waals surface area contributed by atoms with Crippen LogP contribution in [0.3, 0.4) is 0 Å². The molecule has 4 unspecified atom stereocenters. The van der Waals surface area contributed by atoms with E-state index in [2.05, 4.69) is 19.9 Å². The van der Waals surface area contributed by atoms with Gasteiger partial charge in [-0.05, 0) is 93.2 Å². The van der Waals surface area contributed by atoms with Gasteiger partial charge in [0.15, 0.2) is 22.8 Å². The van der Waals surface area contributed by atoms with Crippen LogP contribution in [-0.2, 0) is 20.7 Å². The van der Waals surface area contributed by atoms with Gasteiger partial charge in [0.1, 0.15) is 28.4 Å². The first-order chi connectivity index (χ1) is 21.5. The van der Waals surface area contributed by atoms with E-state index in [9.17, 15) is 24.6 Å². The molecule has 1 saturated carbocycles. The molecule has 244 valence electrons. The van der Waals surface area contributed by atoms with Crippen molar-refractivity contribution in [2.45, 2.75) is 110 Å². The molecule has 8 nitrogen and oxygen atoms in total. The molecule has 7 rings (SSSR count). The van der Waals surface area contributed by atoms with E-state index >= 15 is 0 Å². The van der Waals surface area contributed by atoms with Crippen LogP contribution in [0.25, 0.3) is 6.08 Å². The van der Waals surface area contributed by atoms with Crippen molar-refractivity contribution < 1.29 is 38.8 Å². The number of aromatic hydroxyl groups is 1. The zero-order valence-corrected chi connectivity index (χ0v) is 28.0. The second-order valence-corrected chi connectivity index (χ2v) is 14.8. The van der Waals surface area contributed by atoms with E-state index in [0.29, 0.717) is 41.7 Å². The van der Waals surface area contributed by atoms with E-state index in [1.165, 1.54) is 18.6 Å². The molecule has 2 N–H and O–H groups in total. The molecule has 1 aromatic rings. The number of hydrogen-bond acceptors (Lipinski definition) is 7. The Bertz CT molecular complexity index is 1730. The highest BCUT2D eigenvalue weighted by atomic mass is 16.6. The monoisotopic (exact) mass is 628 g/mol. The number of ketones is 2. The highest BCUT2D eigenvalue weighted by Crippen LogP contribution is 2.68. The van der Waals surface area contributed by atoms with Gasteiger partial charge in [0.2, 0.25) is 0 Å². The van der Waals surface area contributed by atoms with Crippen molar-refractivity contribution in [3.05, 3.63) is 69.4 Å². The number of carbonyl (C=O) groups excluding carboxylic acids is 2. The summed E-state index contributed by atoms with van der Waals surface area (Å²) in [7, 11) is 0. The van der Waals surface area contributed by atoms with E-state index in [1.54, 1.807) is 6.08 Å². The number of aliphatic carboxylic acids is 1. The summed E-state index contributed by atoms with van der Waals surface area (Å²) in [6.45, 7) is 15.4. The van der Waals surface area contributed by atoms with E-state index in [-0.39, 0.29) is 40.8 Å². The Morgan fingerprint density at radius 3 is 2.35 bits per heavy atom. The molecule has 3 heterocycles. The zero-order chi connectivity index (χ0) is 33.6. The summed E-state index contributed by atoms with van der Waals surface area (Å²) in [5.41, 5.74) is -0.952. The Balaban J connectivity index is 1.59. The molecule has 2 fully saturated rings. The first-order valence-corrected chi connectivity index (χ1v) is 16.2. The van der Waals surface area contributed by atoms with Gasteiger partial charge in [0, 0.05) is 35.0 Å². The predicted molar refractivity (Wildman–Crippen MR) is 174 cm³/mol. The maximum atomic E-state index is 14.7. The van der Waals surface area contributed by atoms with Gasteiger partial charge in [0.05, 0.1) is 11.2 Å². The molecule has 0 aromatic heterocycles. The Kier molecular flexibility index (Phi) is 7.36. The highest BCUT2D eigenvalue weighted by molar-refractivity contribution is 6.19. The normalized spacial score (nSPS) is 31.2. The largest absolute Gasteiger partial charge is 0.506 e. The third kappa shape index (κ3) is 4.47. The molecule has 6 aliphatic rings. The van der Waals surface area contributed by atoms with E-state index in [4.69, 9.17) is 14.2 Å². The highest BCUT2D eigenvalue weighted by Gasteiger charge is 2.81. The SMILES string of the molecule is CC(C)=CCC[C@@]1(C)C=Cc2c(O)c3c(c(CC=C(C)C)c2O1)OC12C(=CC4CC1C(C)(C)OC2(C/C=C(\C)C(=O)O)C4=O)C3=O. The van der Waals surface area contributed by atoms with Crippen molar-refractivity contribution in [2.75, 3.05) is 0 Å². The van der Waals surface area contributed by atoms with E-state index in [0.717, 1.165) is 12.0 Å². The lowest BCUT2D eigenvalue weighted by molar-refractivity contribution is -0.171. The van der Waals surface area contributed by atoms with Crippen LogP contribution in [0.2, 0.25) is 0 Å². The third-order valence-corrected chi connectivity index (χ3v) is 10.5. The topological polar surface area (TPSA) is 119 Å². The molecule has 0 radical (unpaired) electrons. The minimum absolute atomic E-state index is 0.0544. The van der Waals surface area contributed by atoms with Crippen LogP contribution in [0.5, 0.6) is 17.2 Å². The van der Waals surface area contributed by atoms with Crippen LogP contribution in [0, 0.1) is 11.8 Å². The van der Waals surface area contributed by atoms with Gasteiger partial charge in [-0.3, -0.25) is 9.59 Å². The molecule has 5 atom stereocenters. The third-order valence-electron chi connectivity index (χ3n) is 10.5. The van der Waals surface area contributed by atoms with E-state index < -0.39 is 40.1 Å². The van der Waals surface area contributed by atoms with E-state index in [1.807, 2.05) is 52.8 Å². The number of phenols is 1. The van der Waals surface area contributed by atoms with Crippen LogP contribution in [0.4, 0.5) is 0 Å². The minimum atomic E-state index is -1.63. The van der Waals surface area contributed by atoms with Crippen molar-refractivity contribution >= 4 is 23.6 Å². The molecule has 3 aliphatic carbocycles. The number of allylic oxidation sites excluding steroid dienone is 5. The number of rotatable bonds is 8. The van der Waals surface area contributed by atoms with Gasteiger partial charge in [-0.1, -0.05) is 35.5 Å². The number of Topliss-reactive ketones (excluding diaryl/α,β-unsaturated/α-hetero) is 2. The van der Waals surface area contributed by atoms with Crippen LogP contribution in [-0.4, -0.2) is 50.2 Å². The number of carboxylic acids is 1. The number of carboxylic acid groups (broad SMARTS) is 1. The smallest absolute Gasteiger partial charge is 0.330 e. The fourth-order valence-corrected chi connectivity index (χ4v) is 8.17. The molecule has 0 amide bonds. The average molecular weight is 629 g/mol. The molecule has 1 aromatic carbocycles. The maximum absolute atomic E-state index is 14.7. The van der Waals surface area contributed by atoms with Gasteiger partial charge in [-0.25, -0.2) is 4.79 Å². The molecular formula is C38H44O8. The predicted octanol–water partition coefficient (Wildman–Crippen LogP) is 7.24. The van der Waals surface area contributed by atoms with Crippen molar-refractivity contribution in [1.82, 2.24) is 0 Å². The molecule has 8 heteroatoms. The number of carbonyl (C=O) groups is 3. The molecule has 1 saturated heterocycles. The molecular weight excluding hydrogens is 584 g/mol. The van der Waals surface area contributed by atoms with Crippen LogP contribution in [0.1, 0.15) is 103 Å². The summed E-state index contributed by atoms with van der Waals surface area (Å²) in [4.78, 5) is 40.8. The average Bonchev–Trinajstić information content (AvgIpc) is 3.12. The van der Waals surface area contributed by atoms with Gasteiger partial charge in [-0.2, -0.15) is 0 Å². The first kappa shape index (κ1) is 32.0. The van der Waals surface area contributed by atoms with Crippen LogP contribution < -0.4 is 9.47 Å². The lowest BCUT2D eigenvalue weighted by Gasteiger charge is -2.56. The molecule has 46 heavy (non-hydrogen) atoms. The van der Waals surface area contributed by atoms with Crippen molar-refractivity contribution in [2.24, 2.45) is 11.8 Å². The summed E-state index contributed by atoms with van der Waals surface area (Å²) in [6.07, 6.45) is 13.4. The molecule has 1 spiro atoms. The minimum Gasteiger partial charge on any atom is -0.506 e. The molecule has 4 bridgehead atoms. The lowest BCUT2D eigenvalue weighted by Crippen LogP contribution is -2.72. The van der Waals surface area contributed by atoms with Crippen molar-refractivity contribution in [1.29, 1.82) is 0 Å². The maximum Gasteiger partial charge on any atom is 0.330 e. The summed E-state index contributed by atoms with van der Waals surface area (Å²) >= 11 is 0. The van der Waals surface area contributed by atoms with Gasteiger partial charge >= 0.3 is 5.97 Å². The van der Waals surface area contributed by atoms with Gasteiger partial charge in [0.25, 0.3) is 0 Å². The Hall–Kier alpha value is -3.91. The summed E-state index contributed by atoms with van der Waals surface area (Å²) in [5, 5.41) is 21.4. The van der Waals surface area contributed by atoms with Crippen LogP contribution in [0.15, 0.2) is 52.7 Å². The summed E-state index contributed by atoms with van der Waals surface area (Å²) < 4.78 is 20.6. The quantitative estimate of drug-likeness (QED) is 0.228. The lowest BCUT2D eigenvalue weighted by atomic mass is 9.51. The van der Waals surface area contributed by atoms with Crippen molar-refractivity contribution in [3.63, 3.8) is 0 Å². The number of benzene rings is 1. The second kappa shape index (κ2) is 10.6. The fraction of sp³-hybridized carbons (Fsp3) is 0.500. The number of phenolic OH excluding ortho intramolecular Hbond substituents is 1. The standard InChI is InChI=1S/C38H44O8/c1-20(2)10-9-15-36(8)16-14-24-29(39)28-30(40)26-18-23-19-27-35(6,7)46-37(33(23)41,17-13-22(5)34(42)43)38(26,27)45-32(28)25(31(24)44-36)12-11-21(3)4/h10-11,13-14,16,18,23,27,39H,9,12,15,17,19H2,1-8H3,(H,42,43)/b22-13+/t23?,27?,36-,37?,38?/m0/s1. The number of hydrogen-bond donors (Lipinski definition) is 2. The summed E-state index contributed by atoms with van der Waals surface area (Å²) in [5.74, 6) is -2.28. The van der Waals surface area contributed by atoms with Crippen molar-refractivity contribution in [3.8, 4) is 17.2 Å². The Morgan fingerprint density at radius 1 is 1.00 bits per heavy atom. The fourth-order valence-electron chi connectivity index (χ4n) is 8.17. The Morgan fingerprint density at radius 2 is 1.70 bits per heavy atom. The van der Waals surface area contributed by atoms with Gasteiger partial charge in [-0.15, -0.1) is 0 Å².